The number of carboxylic acids is 1. The largest absolute Gasteiger partial charge is 0.508 e. The fourth-order valence-corrected chi connectivity index (χ4v) is 4.70. The van der Waals surface area contributed by atoms with E-state index in [4.69, 9.17) is 5.73 Å². The molecule has 7 N–H and O–H groups in total. The Kier molecular flexibility index (Phi) is 8.27. The van der Waals surface area contributed by atoms with Crippen LogP contribution >= 0.6 is 0 Å². The second-order valence-corrected chi connectivity index (χ2v) is 9.40. The lowest BCUT2D eigenvalue weighted by molar-refractivity contribution is -0.144. The van der Waals surface area contributed by atoms with Gasteiger partial charge in [0.25, 0.3) is 0 Å². The summed E-state index contributed by atoms with van der Waals surface area (Å²) >= 11 is 0. The number of carbonyl (C=O) groups excluding carboxylic acids is 3. The van der Waals surface area contributed by atoms with Crippen molar-refractivity contribution in [1.82, 2.24) is 20.5 Å². The number of H-pyrrole nitrogens is 1. The first-order valence-corrected chi connectivity index (χ1v) is 12.4. The summed E-state index contributed by atoms with van der Waals surface area (Å²) in [6.45, 7) is 0.00392. The molecule has 2 aromatic carbocycles. The molecule has 3 unspecified atom stereocenters. The van der Waals surface area contributed by atoms with E-state index < -0.39 is 41.8 Å². The van der Waals surface area contributed by atoms with E-state index in [2.05, 4.69) is 15.6 Å². The number of para-hydroxylation sites is 1. The molecule has 1 aromatic heterocycles. The molecular formula is C27H31N5O6. The number of carboxylic acid groups (broad SMARTS) is 1. The summed E-state index contributed by atoms with van der Waals surface area (Å²) in [5, 5.41) is 25.1. The summed E-state index contributed by atoms with van der Waals surface area (Å²) in [6.07, 6.45) is 3.08. The predicted octanol–water partition coefficient (Wildman–Crippen LogP) is 0.663. The highest BCUT2D eigenvalue weighted by molar-refractivity contribution is 5.93. The summed E-state index contributed by atoms with van der Waals surface area (Å²) in [5.41, 5.74) is 8.55. The van der Waals surface area contributed by atoms with Gasteiger partial charge in [-0.25, -0.2) is 4.79 Å². The lowest BCUT2D eigenvalue weighted by Crippen LogP contribution is -2.53. The van der Waals surface area contributed by atoms with Gasteiger partial charge >= 0.3 is 5.97 Å². The molecule has 38 heavy (non-hydrogen) atoms. The molecule has 11 nitrogen and oxygen atoms in total. The van der Waals surface area contributed by atoms with Gasteiger partial charge in [0, 0.05) is 30.1 Å². The number of hydrogen-bond acceptors (Lipinski definition) is 6. The van der Waals surface area contributed by atoms with E-state index >= 15 is 0 Å². The van der Waals surface area contributed by atoms with Crippen LogP contribution in [0.2, 0.25) is 0 Å². The topological polar surface area (TPSA) is 178 Å². The highest BCUT2D eigenvalue weighted by Gasteiger charge is 2.36. The third kappa shape index (κ3) is 6.30. The monoisotopic (exact) mass is 521 g/mol. The molecule has 1 aliphatic heterocycles. The first kappa shape index (κ1) is 26.7. The molecule has 0 spiro atoms. The van der Waals surface area contributed by atoms with Gasteiger partial charge in [-0.2, -0.15) is 0 Å². The maximum absolute atomic E-state index is 12.9. The first-order valence-electron chi connectivity index (χ1n) is 12.4. The number of aromatic hydroxyl groups is 1. The molecule has 3 atom stereocenters. The summed E-state index contributed by atoms with van der Waals surface area (Å²) in [4.78, 5) is 54.6. The Morgan fingerprint density at radius 2 is 1.82 bits per heavy atom. The van der Waals surface area contributed by atoms with E-state index in [0.29, 0.717) is 24.9 Å². The van der Waals surface area contributed by atoms with Crippen LogP contribution in [0.25, 0.3) is 10.9 Å². The van der Waals surface area contributed by atoms with E-state index in [1.165, 1.54) is 17.0 Å². The van der Waals surface area contributed by atoms with Gasteiger partial charge < -0.3 is 36.5 Å². The number of amides is 3. The van der Waals surface area contributed by atoms with Crippen molar-refractivity contribution in [3.8, 4) is 5.75 Å². The molecule has 200 valence electrons. The Hall–Kier alpha value is -4.38. The van der Waals surface area contributed by atoms with Gasteiger partial charge in [0.1, 0.15) is 17.8 Å². The van der Waals surface area contributed by atoms with Crippen molar-refractivity contribution in [3.05, 3.63) is 65.9 Å². The maximum Gasteiger partial charge on any atom is 0.326 e. The Morgan fingerprint density at radius 3 is 2.55 bits per heavy atom. The standard InChI is InChI=1S/C27H31N5O6/c28-20(13-17-14-29-21-5-2-1-4-19(17)21)25(35)30-15-24(34)32-11-3-6-23(32)26(36)31-22(27(37)38)12-16-7-9-18(33)10-8-16/h1-2,4-5,7-10,14,20,22-23,29,33H,3,6,11-13,15,28H2,(H,30,35)(H,31,36)(H,37,38). The van der Waals surface area contributed by atoms with Crippen LogP contribution < -0.4 is 16.4 Å². The van der Waals surface area contributed by atoms with Crippen molar-refractivity contribution in [2.75, 3.05) is 13.1 Å². The van der Waals surface area contributed by atoms with E-state index in [0.717, 1.165) is 16.5 Å². The molecule has 1 aliphatic rings. The van der Waals surface area contributed by atoms with Crippen LogP contribution in [-0.2, 0) is 32.0 Å². The molecule has 1 saturated heterocycles. The van der Waals surface area contributed by atoms with Gasteiger partial charge in [0.05, 0.1) is 12.6 Å². The zero-order chi connectivity index (χ0) is 27.2. The van der Waals surface area contributed by atoms with Crippen LogP contribution in [0.1, 0.15) is 24.0 Å². The highest BCUT2D eigenvalue weighted by Crippen LogP contribution is 2.20. The van der Waals surface area contributed by atoms with Crippen LogP contribution in [0.4, 0.5) is 0 Å². The normalized spacial score (nSPS) is 16.7. The number of phenolic OH excluding ortho intramolecular Hbond substituents is 1. The van der Waals surface area contributed by atoms with Crippen molar-refractivity contribution in [3.63, 3.8) is 0 Å². The fourth-order valence-electron chi connectivity index (χ4n) is 4.70. The second kappa shape index (κ2) is 11.8. The SMILES string of the molecule is NC(Cc1c[nH]c2ccccc12)C(=O)NCC(=O)N1CCCC1C(=O)NC(Cc1ccc(O)cc1)C(=O)O. The third-order valence-corrected chi connectivity index (χ3v) is 6.73. The Labute approximate surface area is 219 Å². The maximum atomic E-state index is 12.9. The number of rotatable bonds is 10. The second-order valence-electron chi connectivity index (χ2n) is 9.40. The van der Waals surface area contributed by atoms with E-state index in [1.54, 1.807) is 12.1 Å². The zero-order valence-electron chi connectivity index (χ0n) is 20.7. The average Bonchev–Trinajstić information content (AvgIpc) is 3.56. The molecule has 0 aliphatic carbocycles. The number of aromatic nitrogens is 1. The van der Waals surface area contributed by atoms with Gasteiger partial charge in [-0.3, -0.25) is 14.4 Å². The molecule has 3 amide bonds. The molecule has 4 rings (SSSR count). The Morgan fingerprint density at radius 1 is 1.08 bits per heavy atom. The summed E-state index contributed by atoms with van der Waals surface area (Å²) < 4.78 is 0. The average molecular weight is 522 g/mol. The number of aromatic amines is 1. The number of likely N-dealkylation sites (tertiary alicyclic amines) is 1. The number of nitrogens with zero attached hydrogens (tertiary/aromatic N) is 1. The number of aliphatic carboxylic acids is 1. The summed E-state index contributed by atoms with van der Waals surface area (Å²) in [7, 11) is 0. The minimum Gasteiger partial charge on any atom is -0.508 e. The lowest BCUT2D eigenvalue weighted by Gasteiger charge is -2.26. The summed E-state index contributed by atoms with van der Waals surface area (Å²) in [6, 6.07) is 10.8. The Balaban J connectivity index is 1.30. The number of carbonyl (C=O) groups is 4. The van der Waals surface area contributed by atoms with Gasteiger partial charge in [-0.1, -0.05) is 30.3 Å². The lowest BCUT2D eigenvalue weighted by atomic mass is 10.0. The minimum atomic E-state index is -1.21. The van der Waals surface area contributed by atoms with Crippen molar-refractivity contribution >= 4 is 34.6 Å². The zero-order valence-corrected chi connectivity index (χ0v) is 20.7. The van der Waals surface area contributed by atoms with Crippen LogP contribution in [0.3, 0.4) is 0 Å². The molecule has 0 bridgehead atoms. The molecular weight excluding hydrogens is 490 g/mol. The molecule has 0 saturated carbocycles. The van der Waals surface area contributed by atoms with E-state index in [9.17, 15) is 29.4 Å². The number of nitrogens with one attached hydrogen (secondary N) is 3. The van der Waals surface area contributed by atoms with Crippen LogP contribution in [0.15, 0.2) is 54.7 Å². The smallest absolute Gasteiger partial charge is 0.326 e. The number of phenols is 1. The molecule has 3 aromatic rings. The van der Waals surface area contributed by atoms with Crippen molar-refractivity contribution in [1.29, 1.82) is 0 Å². The van der Waals surface area contributed by atoms with Crippen molar-refractivity contribution < 1.29 is 29.4 Å². The number of benzene rings is 2. The predicted molar refractivity (Wildman–Crippen MR) is 139 cm³/mol. The van der Waals surface area contributed by atoms with Gasteiger partial charge in [0.2, 0.25) is 17.7 Å². The minimum absolute atomic E-state index is 0.0202. The van der Waals surface area contributed by atoms with Crippen LogP contribution in [0.5, 0.6) is 5.75 Å². The first-order chi connectivity index (χ1) is 18.2. The van der Waals surface area contributed by atoms with Crippen LogP contribution in [0, 0.1) is 0 Å². The number of hydrogen-bond donors (Lipinski definition) is 6. The van der Waals surface area contributed by atoms with E-state index in [-0.39, 0.29) is 25.1 Å². The fraction of sp³-hybridized carbons (Fsp3) is 0.333. The van der Waals surface area contributed by atoms with Crippen LogP contribution in [-0.4, -0.2) is 75.0 Å². The Bertz CT molecular complexity index is 1320. The number of nitrogens with two attached hydrogens (primary N) is 1. The molecule has 2 heterocycles. The molecule has 1 fully saturated rings. The molecule has 11 heteroatoms. The third-order valence-electron chi connectivity index (χ3n) is 6.73. The number of fused-ring (bicyclic) bond motifs is 1. The van der Waals surface area contributed by atoms with Gasteiger partial charge in [0.15, 0.2) is 0 Å². The quantitative estimate of drug-likeness (QED) is 0.227. The van der Waals surface area contributed by atoms with Gasteiger partial charge in [-0.15, -0.1) is 0 Å². The summed E-state index contributed by atoms with van der Waals surface area (Å²) in [5.74, 6) is -2.65. The van der Waals surface area contributed by atoms with E-state index in [1.807, 2.05) is 30.5 Å². The van der Waals surface area contributed by atoms with Crippen molar-refractivity contribution in [2.24, 2.45) is 5.73 Å². The van der Waals surface area contributed by atoms with Crippen molar-refractivity contribution in [2.45, 2.75) is 43.8 Å². The molecule has 0 radical (unpaired) electrons. The highest BCUT2D eigenvalue weighted by atomic mass is 16.4. The van der Waals surface area contributed by atoms with Gasteiger partial charge in [-0.05, 0) is 48.6 Å².